The van der Waals surface area contributed by atoms with E-state index in [-0.39, 0.29) is 0 Å². The summed E-state index contributed by atoms with van der Waals surface area (Å²) >= 11 is 1.54. The molecule has 1 heterocycles. The molecular formula is C11H16N2O3S. The van der Waals surface area contributed by atoms with Crippen molar-refractivity contribution < 1.29 is 14.3 Å². The standard InChI is InChI=1S/C11H16N2O3S/c1-15-10-8(4-3-5-13-10)6-17-7-9(12)11(14)16-2/h3-5,9H,6-7,12H2,1-2H3. The van der Waals surface area contributed by atoms with Crippen molar-refractivity contribution in [2.75, 3.05) is 20.0 Å². The molecule has 1 atom stereocenters. The van der Waals surface area contributed by atoms with Crippen LogP contribution in [0.5, 0.6) is 5.88 Å². The minimum absolute atomic E-state index is 0.393. The second kappa shape index (κ2) is 7.13. The van der Waals surface area contributed by atoms with Gasteiger partial charge in [0.05, 0.1) is 14.2 Å². The molecule has 17 heavy (non-hydrogen) atoms. The number of carbonyl (C=O) groups is 1. The molecule has 94 valence electrons. The SMILES string of the molecule is COC(=O)C(N)CSCc1cccnc1OC. The highest BCUT2D eigenvalue weighted by molar-refractivity contribution is 7.98. The number of nitrogens with two attached hydrogens (primary N) is 1. The largest absolute Gasteiger partial charge is 0.481 e. The number of ether oxygens (including phenoxy) is 2. The normalized spacial score (nSPS) is 11.9. The monoisotopic (exact) mass is 256 g/mol. The second-order valence-electron chi connectivity index (χ2n) is 3.32. The van der Waals surface area contributed by atoms with Gasteiger partial charge in [-0.05, 0) is 6.07 Å². The molecule has 0 fully saturated rings. The van der Waals surface area contributed by atoms with Crippen LogP contribution in [0.25, 0.3) is 0 Å². The van der Waals surface area contributed by atoms with Gasteiger partial charge in [0.2, 0.25) is 5.88 Å². The average molecular weight is 256 g/mol. The van der Waals surface area contributed by atoms with Crippen LogP contribution >= 0.6 is 11.8 Å². The van der Waals surface area contributed by atoms with Crippen LogP contribution in [0.1, 0.15) is 5.56 Å². The first-order valence-electron chi connectivity index (χ1n) is 5.08. The summed E-state index contributed by atoms with van der Waals surface area (Å²) in [4.78, 5) is 15.2. The Balaban J connectivity index is 2.43. The van der Waals surface area contributed by atoms with Gasteiger partial charge < -0.3 is 15.2 Å². The third-order valence-corrected chi connectivity index (χ3v) is 3.21. The Morgan fingerprint density at radius 3 is 3.00 bits per heavy atom. The van der Waals surface area contributed by atoms with Gasteiger partial charge in [0.15, 0.2) is 0 Å². The summed E-state index contributed by atoms with van der Waals surface area (Å²) < 4.78 is 9.67. The lowest BCUT2D eigenvalue weighted by Crippen LogP contribution is -2.33. The summed E-state index contributed by atoms with van der Waals surface area (Å²) in [6.07, 6.45) is 1.67. The molecule has 0 aliphatic rings. The molecule has 0 bridgehead atoms. The molecule has 5 nitrogen and oxygen atoms in total. The van der Waals surface area contributed by atoms with Crippen molar-refractivity contribution in [3.05, 3.63) is 23.9 Å². The minimum Gasteiger partial charge on any atom is -0.481 e. The number of esters is 1. The van der Waals surface area contributed by atoms with Crippen LogP contribution in [-0.2, 0) is 15.3 Å². The molecule has 1 aromatic rings. The third kappa shape index (κ3) is 4.24. The van der Waals surface area contributed by atoms with Crippen LogP contribution < -0.4 is 10.5 Å². The fraction of sp³-hybridized carbons (Fsp3) is 0.455. The molecule has 1 rings (SSSR count). The summed E-state index contributed by atoms with van der Waals surface area (Å²) in [5, 5.41) is 0. The van der Waals surface area contributed by atoms with E-state index in [9.17, 15) is 4.79 Å². The molecule has 0 aromatic carbocycles. The fourth-order valence-corrected chi connectivity index (χ4v) is 2.18. The van der Waals surface area contributed by atoms with E-state index in [1.165, 1.54) is 7.11 Å². The van der Waals surface area contributed by atoms with Crippen LogP contribution in [0.15, 0.2) is 18.3 Å². The zero-order valence-electron chi connectivity index (χ0n) is 9.88. The predicted molar refractivity (Wildman–Crippen MR) is 66.9 cm³/mol. The van der Waals surface area contributed by atoms with Crippen LogP contribution in [0.2, 0.25) is 0 Å². The first-order chi connectivity index (χ1) is 8.19. The van der Waals surface area contributed by atoms with Crippen molar-refractivity contribution in [1.82, 2.24) is 4.98 Å². The lowest BCUT2D eigenvalue weighted by molar-refractivity contribution is -0.141. The maximum Gasteiger partial charge on any atom is 0.323 e. The molecule has 2 N–H and O–H groups in total. The molecule has 6 heteroatoms. The number of hydrogen-bond donors (Lipinski definition) is 1. The number of carbonyl (C=O) groups excluding carboxylic acids is 1. The van der Waals surface area contributed by atoms with Crippen LogP contribution in [0.4, 0.5) is 0 Å². The molecule has 0 radical (unpaired) electrons. The zero-order chi connectivity index (χ0) is 12.7. The molecule has 0 saturated carbocycles. The van der Waals surface area contributed by atoms with Gasteiger partial charge in [0, 0.05) is 23.3 Å². The smallest absolute Gasteiger partial charge is 0.323 e. The van der Waals surface area contributed by atoms with Gasteiger partial charge in [-0.25, -0.2) is 4.98 Å². The van der Waals surface area contributed by atoms with Crippen LogP contribution in [0.3, 0.4) is 0 Å². The van der Waals surface area contributed by atoms with Crippen LogP contribution in [0, 0.1) is 0 Å². The zero-order valence-corrected chi connectivity index (χ0v) is 10.7. The quantitative estimate of drug-likeness (QED) is 0.760. The number of nitrogens with zero attached hydrogens (tertiary/aromatic N) is 1. The molecule has 1 unspecified atom stereocenters. The molecule has 1 aromatic heterocycles. The van der Waals surface area contributed by atoms with Gasteiger partial charge in [-0.15, -0.1) is 0 Å². The van der Waals surface area contributed by atoms with Crippen molar-refractivity contribution in [2.24, 2.45) is 5.73 Å². The Morgan fingerprint density at radius 2 is 2.35 bits per heavy atom. The number of methoxy groups -OCH3 is 2. The van der Waals surface area contributed by atoms with E-state index in [1.54, 1.807) is 25.1 Å². The van der Waals surface area contributed by atoms with E-state index in [2.05, 4.69) is 9.72 Å². The van der Waals surface area contributed by atoms with E-state index < -0.39 is 12.0 Å². The third-order valence-electron chi connectivity index (χ3n) is 2.10. The first-order valence-corrected chi connectivity index (χ1v) is 6.23. The number of thioether (sulfide) groups is 1. The van der Waals surface area contributed by atoms with E-state index in [4.69, 9.17) is 10.5 Å². The summed E-state index contributed by atoms with van der Waals surface area (Å²) in [6, 6.07) is 3.19. The topological polar surface area (TPSA) is 74.4 Å². The van der Waals surface area contributed by atoms with E-state index in [1.807, 2.05) is 12.1 Å². The molecule has 0 aliphatic carbocycles. The van der Waals surface area contributed by atoms with E-state index in [0.717, 1.165) is 5.56 Å². The van der Waals surface area contributed by atoms with Gasteiger partial charge in [0.25, 0.3) is 0 Å². The van der Waals surface area contributed by atoms with E-state index in [0.29, 0.717) is 17.4 Å². The molecule has 0 aliphatic heterocycles. The van der Waals surface area contributed by atoms with Crippen molar-refractivity contribution >= 4 is 17.7 Å². The molecule has 0 amide bonds. The lowest BCUT2D eigenvalue weighted by atomic mass is 10.3. The molecule has 0 spiro atoms. The summed E-state index contributed by atoms with van der Waals surface area (Å²) in [6.45, 7) is 0. The Kier molecular flexibility index (Phi) is 5.79. The maximum absolute atomic E-state index is 11.1. The van der Waals surface area contributed by atoms with Gasteiger partial charge in [-0.3, -0.25) is 4.79 Å². The Hall–Kier alpha value is -1.27. The number of aromatic nitrogens is 1. The first kappa shape index (κ1) is 13.8. The fourth-order valence-electron chi connectivity index (χ4n) is 1.23. The maximum atomic E-state index is 11.1. The Morgan fingerprint density at radius 1 is 1.59 bits per heavy atom. The number of pyridine rings is 1. The Bertz CT molecular complexity index is 373. The van der Waals surface area contributed by atoms with E-state index >= 15 is 0 Å². The minimum atomic E-state index is -0.590. The second-order valence-corrected chi connectivity index (χ2v) is 4.35. The van der Waals surface area contributed by atoms with Crippen molar-refractivity contribution in [2.45, 2.75) is 11.8 Å². The van der Waals surface area contributed by atoms with Gasteiger partial charge in [-0.2, -0.15) is 11.8 Å². The average Bonchev–Trinajstić information content (AvgIpc) is 2.38. The predicted octanol–water partition coefficient (Wildman–Crippen LogP) is 0.824. The van der Waals surface area contributed by atoms with Gasteiger partial charge in [0.1, 0.15) is 6.04 Å². The highest BCUT2D eigenvalue weighted by Gasteiger charge is 2.13. The highest BCUT2D eigenvalue weighted by Crippen LogP contribution is 2.20. The summed E-state index contributed by atoms with van der Waals surface area (Å²) in [5.74, 6) is 1.41. The highest BCUT2D eigenvalue weighted by atomic mass is 32.2. The Labute approximate surface area is 105 Å². The summed E-state index contributed by atoms with van der Waals surface area (Å²) in [7, 11) is 2.91. The van der Waals surface area contributed by atoms with Gasteiger partial charge in [-0.1, -0.05) is 6.07 Å². The summed E-state index contributed by atoms with van der Waals surface area (Å²) in [5.41, 5.74) is 6.60. The van der Waals surface area contributed by atoms with Crippen molar-refractivity contribution in [1.29, 1.82) is 0 Å². The van der Waals surface area contributed by atoms with Crippen LogP contribution in [-0.4, -0.2) is 37.0 Å². The molecule has 0 saturated heterocycles. The van der Waals surface area contributed by atoms with Gasteiger partial charge >= 0.3 is 5.97 Å². The molecular weight excluding hydrogens is 240 g/mol. The van der Waals surface area contributed by atoms with Crippen molar-refractivity contribution in [3.8, 4) is 5.88 Å². The number of rotatable bonds is 6. The lowest BCUT2D eigenvalue weighted by Gasteiger charge is -2.09. The number of hydrogen-bond acceptors (Lipinski definition) is 6. The van der Waals surface area contributed by atoms with Crippen molar-refractivity contribution in [3.63, 3.8) is 0 Å².